The maximum absolute atomic E-state index is 11.2. The number of phenolic OH excluding ortho intramolecular Hbond substituents is 1. The Labute approximate surface area is 139 Å². The number of aryl methyl sites for hydroxylation is 1. The first kappa shape index (κ1) is 15.7. The number of benzene rings is 2. The second kappa shape index (κ2) is 6.91. The zero-order chi connectivity index (χ0) is 16.9. The minimum absolute atomic E-state index is 0.200. The highest BCUT2D eigenvalue weighted by Crippen LogP contribution is 2.30. The van der Waals surface area contributed by atoms with Gasteiger partial charge in [0.1, 0.15) is 5.75 Å². The van der Waals surface area contributed by atoms with Crippen LogP contribution in [0.1, 0.15) is 12.0 Å². The molecule has 3 aromatic rings. The van der Waals surface area contributed by atoms with Crippen LogP contribution >= 0.6 is 0 Å². The van der Waals surface area contributed by atoms with Crippen LogP contribution in [0.15, 0.2) is 60.8 Å². The molecule has 0 radical (unpaired) electrons. The van der Waals surface area contributed by atoms with Gasteiger partial charge in [-0.1, -0.05) is 24.3 Å². The summed E-state index contributed by atoms with van der Waals surface area (Å²) >= 11 is 0. The van der Waals surface area contributed by atoms with E-state index in [9.17, 15) is 9.90 Å². The Hall–Kier alpha value is -3.21. The van der Waals surface area contributed by atoms with Crippen molar-refractivity contribution in [1.82, 2.24) is 10.2 Å². The van der Waals surface area contributed by atoms with Crippen LogP contribution in [0.2, 0.25) is 0 Å². The van der Waals surface area contributed by atoms with Crippen LogP contribution in [-0.4, -0.2) is 21.2 Å². The lowest BCUT2D eigenvalue weighted by Crippen LogP contribution is -2.11. The van der Waals surface area contributed by atoms with Gasteiger partial charge in [-0.25, -0.2) is 0 Å². The number of aromatic hydroxyl groups is 1. The Morgan fingerprint density at radius 3 is 2.62 bits per heavy atom. The summed E-state index contributed by atoms with van der Waals surface area (Å²) in [5.41, 5.74) is 9.81. The summed E-state index contributed by atoms with van der Waals surface area (Å²) < 4.78 is 0. The molecule has 0 saturated carbocycles. The molecule has 24 heavy (non-hydrogen) atoms. The highest BCUT2D eigenvalue weighted by molar-refractivity contribution is 5.76. The Bertz CT molecular complexity index is 863. The molecule has 0 atom stereocenters. The van der Waals surface area contributed by atoms with Gasteiger partial charge in [0.2, 0.25) is 5.91 Å². The van der Waals surface area contributed by atoms with Crippen molar-refractivity contribution >= 4 is 5.91 Å². The maximum atomic E-state index is 11.2. The fraction of sp³-hybridized carbons (Fsp3) is 0.105. The maximum Gasteiger partial charge on any atom is 0.217 e. The highest BCUT2D eigenvalue weighted by Gasteiger charge is 2.10. The number of phenols is 1. The number of hydrogen-bond donors (Lipinski definition) is 2. The molecular weight excluding hydrogens is 302 g/mol. The van der Waals surface area contributed by atoms with E-state index in [1.807, 2.05) is 36.4 Å². The first-order valence-electron chi connectivity index (χ1n) is 7.62. The van der Waals surface area contributed by atoms with Gasteiger partial charge >= 0.3 is 0 Å². The van der Waals surface area contributed by atoms with Crippen molar-refractivity contribution in [2.45, 2.75) is 12.8 Å². The number of primary amides is 1. The number of nitrogens with two attached hydrogens (primary N) is 1. The number of carbonyl (C=O) groups is 1. The molecule has 1 amide bonds. The number of rotatable bonds is 5. The molecule has 0 aliphatic carbocycles. The van der Waals surface area contributed by atoms with Crippen LogP contribution in [0, 0.1) is 0 Å². The fourth-order valence-electron chi connectivity index (χ4n) is 2.63. The minimum atomic E-state index is -0.346. The van der Waals surface area contributed by atoms with Gasteiger partial charge in [-0.15, -0.1) is 0 Å². The van der Waals surface area contributed by atoms with Gasteiger partial charge in [0.05, 0.1) is 5.69 Å². The molecule has 0 fully saturated rings. The van der Waals surface area contributed by atoms with E-state index >= 15 is 0 Å². The van der Waals surface area contributed by atoms with Crippen molar-refractivity contribution < 1.29 is 9.90 Å². The van der Waals surface area contributed by atoms with Crippen LogP contribution in [-0.2, 0) is 11.2 Å². The van der Waals surface area contributed by atoms with E-state index in [1.54, 1.807) is 24.4 Å². The van der Waals surface area contributed by atoms with Gasteiger partial charge in [-0.05, 0) is 53.4 Å². The third-order valence-corrected chi connectivity index (χ3v) is 3.77. The predicted molar refractivity (Wildman–Crippen MR) is 92.1 cm³/mol. The first-order chi connectivity index (χ1) is 11.6. The Kier molecular flexibility index (Phi) is 4.52. The van der Waals surface area contributed by atoms with Gasteiger partial charge in [-0.2, -0.15) is 10.2 Å². The van der Waals surface area contributed by atoms with Crippen LogP contribution < -0.4 is 5.73 Å². The highest BCUT2D eigenvalue weighted by atomic mass is 16.3. The first-order valence-corrected chi connectivity index (χ1v) is 7.62. The normalized spacial score (nSPS) is 10.5. The second-order valence-electron chi connectivity index (χ2n) is 5.50. The summed E-state index contributed by atoms with van der Waals surface area (Å²) in [7, 11) is 0. The summed E-state index contributed by atoms with van der Waals surface area (Å²) in [5.74, 6) is -0.145. The second-order valence-corrected chi connectivity index (χ2v) is 5.50. The van der Waals surface area contributed by atoms with Gasteiger partial charge < -0.3 is 10.8 Å². The number of carbonyl (C=O) groups excluding carboxylic acids is 1. The number of nitrogens with zero attached hydrogens (tertiary/aromatic N) is 2. The molecule has 5 heteroatoms. The van der Waals surface area contributed by atoms with E-state index in [0.29, 0.717) is 6.42 Å². The summed E-state index contributed by atoms with van der Waals surface area (Å²) in [5, 5.41) is 17.7. The Morgan fingerprint density at radius 1 is 1.04 bits per heavy atom. The monoisotopic (exact) mass is 319 g/mol. The zero-order valence-electron chi connectivity index (χ0n) is 13.0. The molecule has 1 heterocycles. The largest absolute Gasteiger partial charge is 0.508 e. The van der Waals surface area contributed by atoms with Crippen molar-refractivity contribution in [3.05, 3.63) is 66.4 Å². The molecular formula is C19H17N3O2. The van der Waals surface area contributed by atoms with Crippen LogP contribution in [0.25, 0.3) is 22.4 Å². The number of amides is 1. The molecule has 0 aliphatic heterocycles. The SMILES string of the molecule is NC(=O)CCc1cc(-c2cccnn2)ccc1-c1cccc(O)c1. The standard InChI is InChI=1S/C19H17N3O2/c20-19(24)9-7-14-11-15(18-5-2-10-21-22-18)6-8-17(14)13-3-1-4-16(23)12-13/h1-6,8,10-12,23H,7,9H2,(H2,20,24). The molecule has 2 aromatic carbocycles. The summed E-state index contributed by atoms with van der Waals surface area (Å²) in [6.07, 6.45) is 2.41. The van der Waals surface area contributed by atoms with Crippen molar-refractivity contribution in [3.63, 3.8) is 0 Å². The summed E-state index contributed by atoms with van der Waals surface area (Å²) in [4.78, 5) is 11.2. The van der Waals surface area contributed by atoms with E-state index < -0.39 is 0 Å². The average Bonchev–Trinajstić information content (AvgIpc) is 2.60. The molecule has 5 nitrogen and oxygen atoms in total. The van der Waals surface area contributed by atoms with Gasteiger partial charge in [0.25, 0.3) is 0 Å². The molecule has 0 bridgehead atoms. The molecule has 0 aliphatic rings. The fourth-order valence-corrected chi connectivity index (χ4v) is 2.63. The van der Waals surface area contributed by atoms with E-state index in [2.05, 4.69) is 10.2 Å². The Morgan fingerprint density at radius 2 is 1.92 bits per heavy atom. The lowest BCUT2D eigenvalue weighted by atomic mass is 9.93. The van der Waals surface area contributed by atoms with E-state index in [-0.39, 0.29) is 18.1 Å². The third-order valence-electron chi connectivity index (χ3n) is 3.77. The molecule has 3 N–H and O–H groups in total. The van der Waals surface area contributed by atoms with Crippen molar-refractivity contribution in [2.24, 2.45) is 5.73 Å². The zero-order valence-corrected chi connectivity index (χ0v) is 13.0. The van der Waals surface area contributed by atoms with Gasteiger partial charge in [0, 0.05) is 18.2 Å². The van der Waals surface area contributed by atoms with Crippen molar-refractivity contribution in [1.29, 1.82) is 0 Å². The molecule has 120 valence electrons. The average molecular weight is 319 g/mol. The molecule has 0 saturated heterocycles. The van der Waals surface area contributed by atoms with E-state index in [1.165, 1.54) is 0 Å². The van der Waals surface area contributed by atoms with Crippen molar-refractivity contribution in [3.8, 4) is 28.1 Å². The third kappa shape index (κ3) is 3.57. The quantitative estimate of drug-likeness (QED) is 0.756. The van der Waals surface area contributed by atoms with Crippen LogP contribution in [0.3, 0.4) is 0 Å². The topological polar surface area (TPSA) is 89.1 Å². The minimum Gasteiger partial charge on any atom is -0.508 e. The molecule has 0 unspecified atom stereocenters. The lowest BCUT2D eigenvalue weighted by molar-refractivity contribution is -0.117. The lowest BCUT2D eigenvalue weighted by Gasteiger charge is -2.12. The number of hydrogen-bond acceptors (Lipinski definition) is 4. The smallest absolute Gasteiger partial charge is 0.217 e. The van der Waals surface area contributed by atoms with Gasteiger partial charge in [-0.3, -0.25) is 4.79 Å². The van der Waals surface area contributed by atoms with Crippen LogP contribution in [0.5, 0.6) is 5.75 Å². The van der Waals surface area contributed by atoms with Crippen molar-refractivity contribution in [2.75, 3.05) is 0 Å². The number of aromatic nitrogens is 2. The molecule has 1 aromatic heterocycles. The molecule has 3 rings (SSSR count). The summed E-state index contributed by atoms with van der Waals surface area (Å²) in [6.45, 7) is 0. The Balaban J connectivity index is 2.06. The predicted octanol–water partition coefficient (Wildman–Crippen LogP) is 2.93. The summed E-state index contributed by atoms with van der Waals surface area (Å²) in [6, 6.07) is 16.7. The molecule has 0 spiro atoms. The van der Waals surface area contributed by atoms with Crippen LogP contribution in [0.4, 0.5) is 0 Å². The van der Waals surface area contributed by atoms with E-state index in [4.69, 9.17) is 5.73 Å². The van der Waals surface area contributed by atoms with E-state index in [0.717, 1.165) is 27.9 Å². The van der Waals surface area contributed by atoms with Gasteiger partial charge in [0.15, 0.2) is 0 Å².